The van der Waals surface area contributed by atoms with E-state index >= 15 is 0 Å². The van der Waals surface area contributed by atoms with Crippen molar-refractivity contribution in [2.45, 2.75) is 38.1 Å². The van der Waals surface area contributed by atoms with E-state index in [2.05, 4.69) is 16.7 Å². The Hall–Kier alpha value is -1.01. The molecule has 0 aromatic rings. The third kappa shape index (κ3) is 3.66. The standard InChI is InChI=1S/C16H25N3O2S/c20-15(18-9-12-5-7-17-8-6-12)14-10-22-11-19(14)16(21)13-3-1-2-4-13/h5,13-14,17H,1-4,6-11H2,(H,18,20). The predicted molar refractivity (Wildman–Crippen MR) is 88.5 cm³/mol. The first-order valence-electron chi connectivity index (χ1n) is 8.30. The summed E-state index contributed by atoms with van der Waals surface area (Å²) in [7, 11) is 0. The highest BCUT2D eigenvalue weighted by Crippen LogP contribution is 2.30. The molecule has 1 atom stereocenters. The summed E-state index contributed by atoms with van der Waals surface area (Å²) in [6.45, 7) is 2.48. The molecule has 5 nitrogen and oxygen atoms in total. The first kappa shape index (κ1) is 15.9. The molecule has 2 fully saturated rings. The van der Waals surface area contributed by atoms with Gasteiger partial charge in [-0.2, -0.15) is 0 Å². The number of thioether (sulfide) groups is 1. The topological polar surface area (TPSA) is 61.4 Å². The number of hydrogen-bond donors (Lipinski definition) is 2. The van der Waals surface area contributed by atoms with Crippen LogP contribution in [0, 0.1) is 5.92 Å². The molecule has 2 heterocycles. The van der Waals surface area contributed by atoms with E-state index in [1.165, 1.54) is 5.57 Å². The lowest BCUT2D eigenvalue weighted by Crippen LogP contribution is -2.49. The lowest BCUT2D eigenvalue weighted by molar-refractivity contribution is -0.141. The molecule has 0 aromatic carbocycles. The van der Waals surface area contributed by atoms with E-state index in [0.717, 1.165) is 50.9 Å². The maximum absolute atomic E-state index is 12.6. The largest absolute Gasteiger partial charge is 0.351 e. The molecule has 2 amide bonds. The molecule has 22 heavy (non-hydrogen) atoms. The molecule has 6 heteroatoms. The molecule has 2 aliphatic heterocycles. The molecule has 0 aromatic heterocycles. The number of nitrogens with one attached hydrogen (secondary N) is 2. The summed E-state index contributed by atoms with van der Waals surface area (Å²) >= 11 is 1.69. The van der Waals surface area contributed by atoms with Crippen LogP contribution in [-0.2, 0) is 9.59 Å². The highest BCUT2D eigenvalue weighted by Gasteiger charge is 2.38. The monoisotopic (exact) mass is 323 g/mol. The Morgan fingerprint density at radius 3 is 2.91 bits per heavy atom. The molecule has 0 spiro atoms. The van der Waals surface area contributed by atoms with Crippen LogP contribution in [0.25, 0.3) is 0 Å². The zero-order valence-corrected chi connectivity index (χ0v) is 13.8. The number of carbonyl (C=O) groups is 2. The van der Waals surface area contributed by atoms with Crippen LogP contribution in [-0.4, -0.2) is 54.0 Å². The van der Waals surface area contributed by atoms with Crippen LogP contribution < -0.4 is 10.6 Å². The van der Waals surface area contributed by atoms with Gasteiger partial charge in [-0.15, -0.1) is 11.8 Å². The van der Waals surface area contributed by atoms with Crippen LogP contribution in [0.5, 0.6) is 0 Å². The third-order valence-corrected chi connectivity index (χ3v) is 5.83. The minimum atomic E-state index is -0.277. The Morgan fingerprint density at radius 2 is 2.18 bits per heavy atom. The second-order valence-electron chi connectivity index (χ2n) is 6.34. The van der Waals surface area contributed by atoms with Crippen molar-refractivity contribution >= 4 is 23.6 Å². The van der Waals surface area contributed by atoms with Gasteiger partial charge < -0.3 is 15.5 Å². The molecule has 122 valence electrons. The highest BCUT2D eigenvalue weighted by atomic mass is 32.2. The molecule has 3 rings (SSSR count). The van der Waals surface area contributed by atoms with E-state index in [1.54, 1.807) is 11.8 Å². The number of hydrogen-bond acceptors (Lipinski definition) is 4. The second kappa shape index (κ2) is 7.51. The summed E-state index contributed by atoms with van der Waals surface area (Å²) in [5.74, 6) is 1.76. The molecule has 0 radical (unpaired) electrons. The molecular formula is C16H25N3O2S. The molecule has 1 unspecified atom stereocenters. The van der Waals surface area contributed by atoms with Crippen molar-refractivity contribution in [1.82, 2.24) is 15.5 Å². The van der Waals surface area contributed by atoms with Gasteiger partial charge >= 0.3 is 0 Å². The van der Waals surface area contributed by atoms with Gasteiger partial charge in [-0.25, -0.2) is 0 Å². The zero-order chi connectivity index (χ0) is 15.4. The van der Waals surface area contributed by atoms with Gasteiger partial charge in [-0.1, -0.05) is 24.5 Å². The molecule has 3 aliphatic rings. The fourth-order valence-electron chi connectivity index (χ4n) is 3.43. The Kier molecular flexibility index (Phi) is 5.41. The molecule has 0 bridgehead atoms. The highest BCUT2D eigenvalue weighted by molar-refractivity contribution is 7.99. The smallest absolute Gasteiger partial charge is 0.243 e. The van der Waals surface area contributed by atoms with E-state index in [9.17, 15) is 9.59 Å². The average molecular weight is 323 g/mol. The molecule has 1 saturated heterocycles. The van der Waals surface area contributed by atoms with Crippen molar-refractivity contribution in [3.05, 3.63) is 11.6 Å². The van der Waals surface area contributed by atoms with Gasteiger partial charge in [0.05, 0.1) is 5.88 Å². The van der Waals surface area contributed by atoms with E-state index in [1.807, 2.05) is 4.90 Å². The fourth-order valence-corrected chi connectivity index (χ4v) is 4.60. The lowest BCUT2D eigenvalue weighted by atomic mass is 10.1. The SMILES string of the molecule is O=C(NCC1=CCNCC1)C1CSCN1C(=O)C1CCCC1. The van der Waals surface area contributed by atoms with E-state index < -0.39 is 0 Å². The van der Waals surface area contributed by atoms with Crippen molar-refractivity contribution in [3.63, 3.8) is 0 Å². The molecular weight excluding hydrogens is 298 g/mol. The fraction of sp³-hybridized carbons (Fsp3) is 0.750. The van der Waals surface area contributed by atoms with Gasteiger partial charge in [0, 0.05) is 24.8 Å². The van der Waals surface area contributed by atoms with Crippen LogP contribution >= 0.6 is 11.8 Å². The maximum Gasteiger partial charge on any atom is 0.243 e. The summed E-state index contributed by atoms with van der Waals surface area (Å²) in [6, 6.07) is -0.277. The summed E-state index contributed by atoms with van der Waals surface area (Å²) in [5.41, 5.74) is 1.28. The second-order valence-corrected chi connectivity index (χ2v) is 7.34. The van der Waals surface area contributed by atoms with E-state index in [4.69, 9.17) is 0 Å². The van der Waals surface area contributed by atoms with E-state index in [0.29, 0.717) is 12.4 Å². The van der Waals surface area contributed by atoms with E-state index in [-0.39, 0.29) is 23.8 Å². The van der Waals surface area contributed by atoms with Crippen molar-refractivity contribution in [2.75, 3.05) is 31.3 Å². The molecule has 1 saturated carbocycles. The zero-order valence-electron chi connectivity index (χ0n) is 13.0. The summed E-state index contributed by atoms with van der Waals surface area (Å²) in [5, 5.41) is 6.29. The van der Waals surface area contributed by atoms with Crippen LogP contribution in [0.2, 0.25) is 0 Å². The summed E-state index contributed by atoms with van der Waals surface area (Å²) < 4.78 is 0. The number of carbonyl (C=O) groups excluding carboxylic acids is 2. The Morgan fingerprint density at radius 1 is 1.36 bits per heavy atom. The third-order valence-electron chi connectivity index (χ3n) is 4.82. The van der Waals surface area contributed by atoms with Crippen molar-refractivity contribution in [3.8, 4) is 0 Å². The summed E-state index contributed by atoms with van der Waals surface area (Å²) in [4.78, 5) is 26.9. The quantitative estimate of drug-likeness (QED) is 0.761. The van der Waals surface area contributed by atoms with Gasteiger partial charge in [0.25, 0.3) is 0 Å². The Balaban J connectivity index is 1.54. The van der Waals surface area contributed by atoms with Crippen LogP contribution in [0.1, 0.15) is 32.1 Å². The van der Waals surface area contributed by atoms with Gasteiger partial charge in [0.1, 0.15) is 6.04 Å². The Bertz CT molecular complexity index is 460. The van der Waals surface area contributed by atoms with Crippen LogP contribution in [0.3, 0.4) is 0 Å². The first-order valence-corrected chi connectivity index (χ1v) is 9.46. The van der Waals surface area contributed by atoms with Crippen molar-refractivity contribution in [2.24, 2.45) is 5.92 Å². The minimum Gasteiger partial charge on any atom is -0.351 e. The maximum atomic E-state index is 12.6. The molecule has 1 aliphatic carbocycles. The van der Waals surface area contributed by atoms with Crippen molar-refractivity contribution < 1.29 is 9.59 Å². The van der Waals surface area contributed by atoms with Crippen LogP contribution in [0.4, 0.5) is 0 Å². The number of nitrogens with zero attached hydrogens (tertiary/aromatic N) is 1. The molecule has 2 N–H and O–H groups in total. The average Bonchev–Trinajstić information content (AvgIpc) is 3.24. The summed E-state index contributed by atoms with van der Waals surface area (Å²) in [6.07, 6.45) is 7.42. The minimum absolute atomic E-state index is 0.00998. The van der Waals surface area contributed by atoms with Crippen molar-refractivity contribution in [1.29, 1.82) is 0 Å². The van der Waals surface area contributed by atoms with Crippen LogP contribution in [0.15, 0.2) is 11.6 Å². The predicted octanol–water partition coefficient (Wildman–Crippen LogP) is 1.11. The Labute approximate surface area is 136 Å². The first-order chi connectivity index (χ1) is 10.8. The van der Waals surface area contributed by atoms with Gasteiger partial charge in [0.2, 0.25) is 11.8 Å². The number of amides is 2. The lowest BCUT2D eigenvalue weighted by Gasteiger charge is -2.26. The normalized spacial score (nSPS) is 26.1. The number of rotatable bonds is 4. The van der Waals surface area contributed by atoms with Gasteiger partial charge in [-0.3, -0.25) is 9.59 Å². The van der Waals surface area contributed by atoms with Gasteiger partial charge in [-0.05, 0) is 25.8 Å². The van der Waals surface area contributed by atoms with Gasteiger partial charge in [0.15, 0.2) is 0 Å².